The summed E-state index contributed by atoms with van der Waals surface area (Å²) in [6.07, 6.45) is 2.02. The van der Waals surface area contributed by atoms with Crippen molar-refractivity contribution in [2.75, 3.05) is 26.2 Å². The summed E-state index contributed by atoms with van der Waals surface area (Å²) in [4.78, 5) is 2.46. The smallest absolute Gasteiger partial charge is 0.0529 e. The van der Waals surface area contributed by atoms with Crippen molar-refractivity contribution < 1.29 is 0 Å². The molecule has 1 atom stereocenters. The quantitative estimate of drug-likeness (QED) is 0.689. The Kier molecular flexibility index (Phi) is 6.79. The maximum absolute atomic E-state index is 5.95. The normalized spacial score (nSPS) is 14.1. The Balaban J connectivity index is 3.08. The zero-order valence-electron chi connectivity index (χ0n) is 14.7. The fraction of sp³-hybridized carbons (Fsp3) is 0.579. The van der Waals surface area contributed by atoms with E-state index in [1.54, 1.807) is 0 Å². The van der Waals surface area contributed by atoms with Gasteiger partial charge in [-0.15, -0.1) is 6.58 Å². The summed E-state index contributed by atoms with van der Waals surface area (Å²) in [5.74, 6) is 0. The third kappa shape index (κ3) is 5.56. The van der Waals surface area contributed by atoms with E-state index >= 15 is 0 Å². The lowest BCUT2D eigenvalue weighted by Crippen LogP contribution is -2.46. The summed E-state index contributed by atoms with van der Waals surface area (Å²) < 4.78 is 0. The van der Waals surface area contributed by atoms with Crippen LogP contribution in [0, 0.1) is 10.8 Å². The van der Waals surface area contributed by atoms with Gasteiger partial charge in [0.15, 0.2) is 0 Å². The van der Waals surface area contributed by atoms with Crippen LogP contribution in [0.4, 0.5) is 0 Å². The molecule has 0 aromatic heterocycles. The highest BCUT2D eigenvalue weighted by Gasteiger charge is 2.29. The minimum absolute atomic E-state index is 0.0563. The summed E-state index contributed by atoms with van der Waals surface area (Å²) in [7, 11) is 0. The van der Waals surface area contributed by atoms with Crippen molar-refractivity contribution in [3.05, 3.63) is 48.6 Å². The molecule has 0 saturated heterocycles. The van der Waals surface area contributed by atoms with Gasteiger partial charge in [-0.3, -0.25) is 4.90 Å². The van der Waals surface area contributed by atoms with Gasteiger partial charge in [-0.05, 0) is 29.5 Å². The highest BCUT2D eigenvalue weighted by Crippen LogP contribution is 2.29. The second kappa shape index (κ2) is 7.91. The Labute approximate surface area is 136 Å². The Morgan fingerprint density at radius 2 is 1.45 bits per heavy atom. The lowest BCUT2D eigenvalue weighted by atomic mass is 9.87. The van der Waals surface area contributed by atoms with Gasteiger partial charge in [0.05, 0.1) is 6.04 Å². The van der Waals surface area contributed by atoms with Gasteiger partial charge in [0.2, 0.25) is 0 Å². The van der Waals surface area contributed by atoms with E-state index in [1.807, 2.05) is 12.1 Å². The Hall–Kier alpha value is -1.16. The molecule has 1 unspecified atom stereocenters. The largest absolute Gasteiger partial charge is 0.330 e. The molecule has 0 heterocycles. The van der Waals surface area contributed by atoms with Crippen LogP contribution in [0.15, 0.2) is 43.0 Å². The van der Waals surface area contributed by atoms with E-state index in [1.165, 1.54) is 5.56 Å². The third-order valence-corrected chi connectivity index (χ3v) is 4.13. The first-order valence-corrected chi connectivity index (χ1v) is 8.06. The van der Waals surface area contributed by atoms with Gasteiger partial charge in [0.25, 0.3) is 0 Å². The van der Waals surface area contributed by atoms with Gasteiger partial charge in [0.1, 0.15) is 0 Å². The standard InChI is InChI=1S/C19H33N3/c1-6-17(16-10-8-7-9-11-16)22(14-18(2,3)12-20)15-19(4,5)13-21/h6-11,17H,1,12-15,20-21H2,2-5H3. The van der Waals surface area contributed by atoms with Crippen LogP contribution < -0.4 is 11.5 Å². The SMILES string of the molecule is C=CC(c1ccccc1)N(CC(C)(C)CN)CC(C)(C)CN. The van der Waals surface area contributed by atoms with E-state index < -0.39 is 0 Å². The number of nitrogens with two attached hydrogens (primary N) is 2. The van der Waals surface area contributed by atoms with E-state index in [4.69, 9.17) is 11.5 Å². The van der Waals surface area contributed by atoms with Crippen LogP contribution in [-0.2, 0) is 0 Å². The van der Waals surface area contributed by atoms with E-state index in [2.05, 4.69) is 63.4 Å². The molecule has 124 valence electrons. The average molecular weight is 303 g/mol. The number of nitrogens with zero attached hydrogens (tertiary/aromatic N) is 1. The number of hydrogen-bond donors (Lipinski definition) is 2. The van der Waals surface area contributed by atoms with Crippen LogP contribution in [0.2, 0.25) is 0 Å². The number of rotatable bonds is 9. The van der Waals surface area contributed by atoms with E-state index in [0.717, 1.165) is 13.1 Å². The van der Waals surface area contributed by atoms with E-state index in [-0.39, 0.29) is 16.9 Å². The molecular weight excluding hydrogens is 270 g/mol. The predicted molar refractivity (Wildman–Crippen MR) is 96.6 cm³/mol. The van der Waals surface area contributed by atoms with Gasteiger partial charge in [0, 0.05) is 13.1 Å². The highest BCUT2D eigenvalue weighted by molar-refractivity contribution is 5.22. The van der Waals surface area contributed by atoms with Crippen LogP contribution >= 0.6 is 0 Å². The van der Waals surface area contributed by atoms with Crippen LogP contribution in [0.1, 0.15) is 39.3 Å². The second-order valence-corrected chi connectivity index (χ2v) is 7.73. The molecule has 3 nitrogen and oxygen atoms in total. The molecule has 0 aliphatic rings. The van der Waals surface area contributed by atoms with Gasteiger partial charge in [-0.25, -0.2) is 0 Å². The summed E-state index contributed by atoms with van der Waals surface area (Å²) in [5, 5.41) is 0. The van der Waals surface area contributed by atoms with E-state index in [9.17, 15) is 0 Å². The minimum atomic E-state index is 0.0563. The van der Waals surface area contributed by atoms with Crippen molar-refractivity contribution in [3.8, 4) is 0 Å². The zero-order valence-corrected chi connectivity index (χ0v) is 14.7. The van der Waals surface area contributed by atoms with Crippen molar-refractivity contribution in [3.63, 3.8) is 0 Å². The molecule has 22 heavy (non-hydrogen) atoms. The number of hydrogen-bond acceptors (Lipinski definition) is 3. The third-order valence-electron chi connectivity index (χ3n) is 4.13. The van der Waals surface area contributed by atoms with Crippen LogP contribution in [0.5, 0.6) is 0 Å². The molecule has 0 bridgehead atoms. The Morgan fingerprint density at radius 1 is 1.00 bits per heavy atom. The molecule has 0 aliphatic heterocycles. The Bertz CT molecular complexity index is 433. The molecule has 0 amide bonds. The van der Waals surface area contributed by atoms with Crippen molar-refractivity contribution in [1.29, 1.82) is 0 Å². The molecule has 1 aromatic rings. The maximum Gasteiger partial charge on any atom is 0.0529 e. The van der Waals surface area contributed by atoms with Crippen molar-refractivity contribution in [2.24, 2.45) is 22.3 Å². The summed E-state index contributed by atoms with van der Waals surface area (Å²) in [6, 6.07) is 10.7. The lowest BCUT2D eigenvalue weighted by Gasteiger charge is -2.40. The molecule has 0 saturated carbocycles. The summed E-state index contributed by atoms with van der Waals surface area (Å²) in [6.45, 7) is 16.0. The molecule has 0 fully saturated rings. The van der Waals surface area contributed by atoms with E-state index in [0.29, 0.717) is 13.1 Å². The summed E-state index contributed by atoms with van der Waals surface area (Å²) >= 11 is 0. The van der Waals surface area contributed by atoms with Crippen molar-refractivity contribution in [1.82, 2.24) is 4.90 Å². The second-order valence-electron chi connectivity index (χ2n) is 7.73. The molecule has 0 aliphatic carbocycles. The van der Waals surface area contributed by atoms with Gasteiger partial charge in [-0.1, -0.05) is 64.1 Å². The van der Waals surface area contributed by atoms with Crippen LogP contribution in [-0.4, -0.2) is 31.1 Å². The summed E-state index contributed by atoms with van der Waals surface area (Å²) in [5.41, 5.74) is 13.3. The topological polar surface area (TPSA) is 55.3 Å². The molecule has 0 spiro atoms. The molecule has 3 heteroatoms. The Morgan fingerprint density at radius 3 is 1.82 bits per heavy atom. The number of benzene rings is 1. The van der Waals surface area contributed by atoms with Gasteiger partial charge in [-0.2, -0.15) is 0 Å². The first kappa shape index (κ1) is 18.9. The van der Waals surface area contributed by atoms with Crippen molar-refractivity contribution in [2.45, 2.75) is 33.7 Å². The predicted octanol–water partition coefficient (Wildman–Crippen LogP) is 3.19. The molecule has 1 aromatic carbocycles. The molecule has 4 N–H and O–H groups in total. The fourth-order valence-electron chi connectivity index (χ4n) is 2.63. The average Bonchev–Trinajstić information content (AvgIpc) is 2.48. The first-order chi connectivity index (χ1) is 10.2. The lowest BCUT2D eigenvalue weighted by molar-refractivity contribution is 0.106. The molecular formula is C19H33N3. The fourth-order valence-corrected chi connectivity index (χ4v) is 2.63. The zero-order chi connectivity index (χ0) is 16.8. The highest BCUT2D eigenvalue weighted by atomic mass is 15.2. The van der Waals surface area contributed by atoms with Crippen LogP contribution in [0.25, 0.3) is 0 Å². The molecule has 0 radical (unpaired) electrons. The monoisotopic (exact) mass is 303 g/mol. The van der Waals surface area contributed by atoms with Crippen molar-refractivity contribution >= 4 is 0 Å². The minimum Gasteiger partial charge on any atom is -0.330 e. The first-order valence-electron chi connectivity index (χ1n) is 8.06. The maximum atomic E-state index is 5.95. The van der Waals surface area contributed by atoms with Crippen LogP contribution in [0.3, 0.4) is 0 Å². The van der Waals surface area contributed by atoms with Gasteiger partial charge >= 0.3 is 0 Å². The molecule has 1 rings (SSSR count). The van der Waals surface area contributed by atoms with Gasteiger partial charge < -0.3 is 11.5 Å².